The van der Waals surface area contributed by atoms with E-state index in [4.69, 9.17) is 10.2 Å². The molecule has 1 aromatic carbocycles. The standard InChI is InChI=1S/C15H15N3O5/c1-8(2)17-15(20)10-5-3-4-9(6-10)11-7-12(18(21)22)23-13(11)14(16)19/h3-8H,1-2H3,(H2,16,19)(H,17,20). The number of benzene rings is 1. The summed E-state index contributed by atoms with van der Waals surface area (Å²) in [5.74, 6) is -2.13. The molecule has 8 nitrogen and oxygen atoms in total. The molecule has 2 rings (SSSR count). The molecule has 0 aliphatic rings. The van der Waals surface area contributed by atoms with Crippen molar-refractivity contribution in [2.24, 2.45) is 5.73 Å². The predicted molar refractivity (Wildman–Crippen MR) is 81.9 cm³/mol. The van der Waals surface area contributed by atoms with Crippen molar-refractivity contribution >= 4 is 17.7 Å². The quantitative estimate of drug-likeness (QED) is 0.644. The van der Waals surface area contributed by atoms with E-state index in [-0.39, 0.29) is 23.3 Å². The average Bonchev–Trinajstić information content (AvgIpc) is 2.92. The number of primary amides is 1. The Bertz CT molecular complexity index is 779. The fourth-order valence-corrected chi connectivity index (χ4v) is 2.04. The Labute approximate surface area is 131 Å². The van der Waals surface area contributed by atoms with E-state index in [0.29, 0.717) is 11.1 Å². The zero-order valence-electron chi connectivity index (χ0n) is 12.5. The van der Waals surface area contributed by atoms with E-state index in [1.807, 2.05) is 13.8 Å². The van der Waals surface area contributed by atoms with Crippen molar-refractivity contribution in [1.29, 1.82) is 0 Å². The summed E-state index contributed by atoms with van der Waals surface area (Å²) in [6.07, 6.45) is 0. The van der Waals surface area contributed by atoms with Gasteiger partial charge in [-0.3, -0.25) is 19.7 Å². The minimum atomic E-state index is -0.926. The van der Waals surface area contributed by atoms with E-state index in [1.54, 1.807) is 18.2 Å². The van der Waals surface area contributed by atoms with Crippen LogP contribution in [0.2, 0.25) is 0 Å². The highest BCUT2D eigenvalue weighted by Crippen LogP contribution is 2.31. The number of carbonyl (C=O) groups is 2. The lowest BCUT2D eigenvalue weighted by Crippen LogP contribution is -2.30. The molecule has 2 aromatic rings. The van der Waals surface area contributed by atoms with Crippen molar-refractivity contribution < 1.29 is 18.9 Å². The first kappa shape index (κ1) is 16.2. The van der Waals surface area contributed by atoms with Gasteiger partial charge in [0.2, 0.25) is 5.76 Å². The van der Waals surface area contributed by atoms with E-state index >= 15 is 0 Å². The van der Waals surface area contributed by atoms with Crippen LogP contribution in [0.5, 0.6) is 0 Å². The number of furan rings is 1. The summed E-state index contributed by atoms with van der Waals surface area (Å²) in [7, 11) is 0. The molecule has 120 valence electrons. The van der Waals surface area contributed by atoms with Gasteiger partial charge in [-0.25, -0.2) is 0 Å². The Balaban J connectivity index is 2.48. The Hall–Kier alpha value is -3.16. The second-order valence-corrected chi connectivity index (χ2v) is 5.16. The van der Waals surface area contributed by atoms with Crippen LogP contribution in [0.25, 0.3) is 11.1 Å². The summed E-state index contributed by atoms with van der Waals surface area (Å²) in [6, 6.07) is 7.39. The Morgan fingerprint density at radius 1 is 1.30 bits per heavy atom. The Morgan fingerprint density at radius 2 is 2.00 bits per heavy atom. The van der Waals surface area contributed by atoms with Crippen LogP contribution < -0.4 is 11.1 Å². The van der Waals surface area contributed by atoms with Crippen LogP contribution in [-0.2, 0) is 0 Å². The van der Waals surface area contributed by atoms with Crippen molar-refractivity contribution in [1.82, 2.24) is 5.32 Å². The topological polar surface area (TPSA) is 128 Å². The lowest BCUT2D eigenvalue weighted by Gasteiger charge is -2.09. The number of nitrogens with two attached hydrogens (primary N) is 1. The SMILES string of the molecule is CC(C)NC(=O)c1cccc(-c2cc([N+](=O)[O-])oc2C(N)=O)c1. The van der Waals surface area contributed by atoms with Gasteiger partial charge in [-0.05, 0) is 31.5 Å². The molecule has 8 heteroatoms. The summed E-state index contributed by atoms with van der Waals surface area (Å²) in [4.78, 5) is 33.5. The molecule has 3 N–H and O–H groups in total. The first-order valence-electron chi connectivity index (χ1n) is 6.79. The molecule has 0 unspecified atom stereocenters. The summed E-state index contributed by atoms with van der Waals surface area (Å²) in [5, 5.41) is 13.5. The monoisotopic (exact) mass is 317 g/mol. The molecule has 0 bridgehead atoms. The third-order valence-electron chi connectivity index (χ3n) is 2.98. The summed E-state index contributed by atoms with van der Waals surface area (Å²) < 4.78 is 4.88. The van der Waals surface area contributed by atoms with Crippen LogP contribution in [0, 0.1) is 10.1 Å². The third kappa shape index (κ3) is 3.54. The van der Waals surface area contributed by atoms with Gasteiger partial charge in [0.05, 0.1) is 6.07 Å². The van der Waals surface area contributed by atoms with Crippen molar-refractivity contribution in [3.05, 3.63) is 51.8 Å². The molecule has 0 saturated heterocycles. The number of hydrogen-bond acceptors (Lipinski definition) is 5. The molecule has 0 fully saturated rings. The van der Waals surface area contributed by atoms with Crippen LogP contribution in [0.1, 0.15) is 34.8 Å². The highest BCUT2D eigenvalue weighted by Gasteiger charge is 2.23. The van der Waals surface area contributed by atoms with Crippen molar-refractivity contribution in [2.75, 3.05) is 0 Å². The van der Waals surface area contributed by atoms with Gasteiger partial charge < -0.3 is 15.5 Å². The van der Waals surface area contributed by atoms with Crippen LogP contribution in [0.3, 0.4) is 0 Å². The van der Waals surface area contributed by atoms with Gasteiger partial charge >= 0.3 is 5.88 Å². The van der Waals surface area contributed by atoms with Gasteiger partial charge in [-0.1, -0.05) is 12.1 Å². The van der Waals surface area contributed by atoms with Gasteiger partial charge in [0.15, 0.2) is 0 Å². The number of nitro groups is 1. The maximum atomic E-state index is 12.0. The summed E-state index contributed by atoms with van der Waals surface area (Å²) in [5.41, 5.74) is 6.14. The third-order valence-corrected chi connectivity index (χ3v) is 2.98. The number of amides is 2. The van der Waals surface area contributed by atoms with Crippen LogP contribution in [0.4, 0.5) is 5.88 Å². The largest absolute Gasteiger partial charge is 0.434 e. The molecular formula is C15H15N3O5. The second-order valence-electron chi connectivity index (χ2n) is 5.16. The molecule has 0 spiro atoms. The van der Waals surface area contributed by atoms with Crippen molar-refractivity contribution in [3.63, 3.8) is 0 Å². The van der Waals surface area contributed by atoms with Gasteiger partial charge in [0, 0.05) is 17.2 Å². The van der Waals surface area contributed by atoms with E-state index in [2.05, 4.69) is 5.32 Å². The summed E-state index contributed by atoms with van der Waals surface area (Å²) >= 11 is 0. The Morgan fingerprint density at radius 3 is 2.57 bits per heavy atom. The molecule has 0 aliphatic carbocycles. The molecular weight excluding hydrogens is 302 g/mol. The van der Waals surface area contributed by atoms with Crippen LogP contribution >= 0.6 is 0 Å². The number of hydrogen-bond donors (Lipinski definition) is 2. The van der Waals surface area contributed by atoms with E-state index in [0.717, 1.165) is 6.07 Å². The number of carbonyl (C=O) groups excluding carboxylic acids is 2. The average molecular weight is 317 g/mol. The maximum absolute atomic E-state index is 12.0. The first-order chi connectivity index (χ1) is 10.8. The zero-order valence-corrected chi connectivity index (χ0v) is 12.5. The molecule has 23 heavy (non-hydrogen) atoms. The minimum Gasteiger partial charge on any atom is -0.395 e. The molecule has 0 aliphatic heterocycles. The van der Waals surface area contributed by atoms with Gasteiger partial charge in [0.1, 0.15) is 4.92 Å². The number of nitrogens with one attached hydrogen (secondary N) is 1. The molecule has 0 saturated carbocycles. The number of nitrogens with zero attached hydrogens (tertiary/aromatic N) is 1. The lowest BCUT2D eigenvalue weighted by atomic mass is 10.0. The van der Waals surface area contributed by atoms with E-state index in [9.17, 15) is 19.7 Å². The molecule has 0 atom stereocenters. The lowest BCUT2D eigenvalue weighted by molar-refractivity contribution is -0.402. The molecule has 2 amide bonds. The van der Waals surface area contributed by atoms with Crippen LogP contribution in [0.15, 0.2) is 34.7 Å². The highest BCUT2D eigenvalue weighted by atomic mass is 16.6. The first-order valence-corrected chi connectivity index (χ1v) is 6.79. The molecule has 1 aromatic heterocycles. The normalized spacial score (nSPS) is 10.6. The fraction of sp³-hybridized carbons (Fsp3) is 0.200. The predicted octanol–water partition coefficient (Wildman–Crippen LogP) is 2.09. The maximum Gasteiger partial charge on any atom is 0.434 e. The fourth-order valence-electron chi connectivity index (χ4n) is 2.04. The molecule has 1 heterocycles. The van der Waals surface area contributed by atoms with Gasteiger partial charge in [-0.2, -0.15) is 0 Å². The smallest absolute Gasteiger partial charge is 0.395 e. The second kappa shape index (κ2) is 6.30. The van der Waals surface area contributed by atoms with Gasteiger partial charge in [0.25, 0.3) is 11.8 Å². The minimum absolute atomic E-state index is 0.0395. The van der Waals surface area contributed by atoms with Gasteiger partial charge in [-0.15, -0.1) is 0 Å². The van der Waals surface area contributed by atoms with Crippen LogP contribution in [-0.4, -0.2) is 22.8 Å². The molecule has 0 radical (unpaired) electrons. The van der Waals surface area contributed by atoms with E-state index in [1.165, 1.54) is 6.07 Å². The highest BCUT2D eigenvalue weighted by molar-refractivity contribution is 5.99. The van der Waals surface area contributed by atoms with Crippen molar-refractivity contribution in [3.8, 4) is 11.1 Å². The summed E-state index contributed by atoms with van der Waals surface area (Å²) in [6.45, 7) is 3.65. The zero-order chi connectivity index (χ0) is 17.1. The van der Waals surface area contributed by atoms with Crippen molar-refractivity contribution in [2.45, 2.75) is 19.9 Å². The Kier molecular flexibility index (Phi) is 4.44. The van der Waals surface area contributed by atoms with E-state index < -0.39 is 16.7 Å². The number of rotatable bonds is 5.